The van der Waals surface area contributed by atoms with Crippen LogP contribution >= 0.6 is 11.6 Å². The predicted octanol–water partition coefficient (Wildman–Crippen LogP) is 2.06. The largest absolute Gasteiger partial charge is 0.396 e. The molecule has 0 saturated heterocycles. The van der Waals surface area contributed by atoms with Gasteiger partial charge in [-0.1, -0.05) is 12.8 Å². The number of carbonyl (C=O) groups excluding carboxylic acids is 1. The fourth-order valence-corrected chi connectivity index (χ4v) is 2.46. The molecule has 0 aromatic carbocycles. The zero-order chi connectivity index (χ0) is 11.8. The monoisotopic (exact) mass is 247 g/mol. The number of hydrogen-bond donors (Lipinski definition) is 2. The number of alkyl halides is 1. The van der Waals surface area contributed by atoms with E-state index < -0.39 is 0 Å². The molecule has 4 heteroatoms. The standard InChI is InChI=1S/C12H22ClNO2/c13-8-4-3-7-12(16)14-11-6-2-1-5-10(11)9-15/h10-11,15H,1-9H2,(H,14,16). The van der Waals surface area contributed by atoms with Crippen LogP contribution in [0.15, 0.2) is 0 Å². The minimum absolute atomic E-state index is 0.107. The topological polar surface area (TPSA) is 49.3 Å². The van der Waals surface area contributed by atoms with Crippen LogP contribution in [-0.4, -0.2) is 29.5 Å². The first kappa shape index (κ1) is 13.8. The molecule has 1 rings (SSSR count). The molecule has 0 aromatic heterocycles. The minimum atomic E-state index is 0.107. The Labute approximate surface area is 103 Å². The first-order valence-corrected chi connectivity index (χ1v) is 6.77. The van der Waals surface area contributed by atoms with Crippen LogP contribution in [0.1, 0.15) is 44.9 Å². The zero-order valence-corrected chi connectivity index (χ0v) is 10.5. The van der Waals surface area contributed by atoms with Gasteiger partial charge in [-0.25, -0.2) is 0 Å². The summed E-state index contributed by atoms with van der Waals surface area (Å²) in [5, 5.41) is 12.3. The normalized spacial score (nSPS) is 25.4. The van der Waals surface area contributed by atoms with Gasteiger partial charge in [0.25, 0.3) is 0 Å². The van der Waals surface area contributed by atoms with Crippen molar-refractivity contribution in [2.75, 3.05) is 12.5 Å². The van der Waals surface area contributed by atoms with E-state index in [1.807, 2.05) is 0 Å². The number of carbonyl (C=O) groups is 1. The molecule has 1 fully saturated rings. The Morgan fingerprint density at radius 2 is 2.06 bits per heavy atom. The maximum atomic E-state index is 11.6. The van der Waals surface area contributed by atoms with Crippen molar-refractivity contribution in [3.8, 4) is 0 Å². The van der Waals surface area contributed by atoms with E-state index >= 15 is 0 Å². The Balaban J connectivity index is 2.25. The lowest BCUT2D eigenvalue weighted by Gasteiger charge is -2.30. The molecule has 3 nitrogen and oxygen atoms in total. The van der Waals surface area contributed by atoms with Crippen molar-refractivity contribution in [3.05, 3.63) is 0 Å². The second-order valence-electron chi connectivity index (χ2n) is 4.55. The maximum Gasteiger partial charge on any atom is 0.220 e. The van der Waals surface area contributed by atoms with Crippen molar-refractivity contribution in [2.45, 2.75) is 51.0 Å². The van der Waals surface area contributed by atoms with Gasteiger partial charge in [-0.05, 0) is 25.7 Å². The predicted molar refractivity (Wildman–Crippen MR) is 65.5 cm³/mol. The minimum Gasteiger partial charge on any atom is -0.396 e. The van der Waals surface area contributed by atoms with E-state index in [1.54, 1.807) is 0 Å². The van der Waals surface area contributed by atoms with Gasteiger partial charge in [0, 0.05) is 30.9 Å². The van der Waals surface area contributed by atoms with Crippen LogP contribution in [-0.2, 0) is 4.79 Å². The number of halogens is 1. The maximum absolute atomic E-state index is 11.6. The Kier molecular flexibility index (Phi) is 6.81. The fourth-order valence-electron chi connectivity index (χ4n) is 2.28. The first-order valence-electron chi connectivity index (χ1n) is 6.24. The summed E-state index contributed by atoms with van der Waals surface area (Å²) in [7, 11) is 0. The highest BCUT2D eigenvalue weighted by Gasteiger charge is 2.25. The van der Waals surface area contributed by atoms with Gasteiger partial charge in [0.15, 0.2) is 0 Å². The summed E-state index contributed by atoms with van der Waals surface area (Å²) in [5.74, 6) is 0.983. The van der Waals surface area contributed by atoms with Crippen LogP contribution in [0.2, 0.25) is 0 Å². The SMILES string of the molecule is O=C(CCCCCl)NC1CCCCC1CO. The van der Waals surface area contributed by atoms with Gasteiger partial charge < -0.3 is 10.4 Å². The van der Waals surface area contributed by atoms with E-state index in [-0.39, 0.29) is 24.5 Å². The van der Waals surface area contributed by atoms with E-state index in [0.29, 0.717) is 12.3 Å². The first-order chi connectivity index (χ1) is 7.77. The van der Waals surface area contributed by atoms with E-state index in [1.165, 1.54) is 6.42 Å². The average Bonchev–Trinajstić information content (AvgIpc) is 2.30. The van der Waals surface area contributed by atoms with E-state index in [2.05, 4.69) is 5.32 Å². The molecule has 2 N–H and O–H groups in total. The Morgan fingerprint density at radius 1 is 1.31 bits per heavy atom. The molecule has 1 aliphatic carbocycles. The van der Waals surface area contributed by atoms with Gasteiger partial charge in [0.05, 0.1) is 0 Å². The van der Waals surface area contributed by atoms with Crippen LogP contribution in [0, 0.1) is 5.92 Å². The molecule has 16 heavy (non-hydrogen) atoms. The van der Waals surface area contributed by atoms with Crippen LogP contribution in [0.5, 0.6) is 0 Å². The van der Waals surface area contributed by atoms with Crippen LogP contribution in [0.4, 0.5) is 0 Å². The van der Waals surface area contributed by atoms with Crippen LogP contribution in [0.3, 0.4) is 0 Å². The van der Waals surface area contributed by atoms with Gasteiger partial charge in [0.1, 0.15) is 0 Å². The number of unbranched alkanes of at least 4 members (excludes halogenated alkanes) is 1. The molecule has 0 spiro atoms. The van der Waals surface area contributed by atoms with Crippen LogP contribution in [0.25, 0.3) is 0 Å². The molecule has 1 saturated carbocycles. The third-order valence-corrected chi connectivity index (χ3v) is 3.54. The molecular formula is C12H22ClNO2. The molecule has 1 amide bonds. The molecule has 0 heterocycles. The lowest BCUT2D eigenvalue weighted by atomic mass is 9.85. The highest BCUT2D eigenvalue weighted by Crippen LogP contribution is 2.24. The molecule has 2 atom stereocenters. The second-order valence-corrected chi connectivity index (χ2v) is 4.93. The summed E-state index contributed by atoms with van der Waals surface area (Å²) < 4.78 is 0. The van der Waals surface area contributed by atoms with Crippen LogP contribution < -0.4 is 5.32 Å². The van der Waals surface area contributed by atoms with Crippen molar-refractivity contribution < 1.29 is 9.90 Å². The molecular weight excluding hydrogens is 226 g/mol. The van der Waals surface area contributed by atoms with Gasteiger partial charge in [-0.3, -0.25) is 4.79 Å². The number of aliphatic hydroxyl groups is 1. The molecule has 94 valence electrons. The molecule has 0 aliphatic heterocycles. The van der Waals surface area contributed by atoms with E-state index in [9.17, 15) is 9.90 Å². The molecule has 2 unspecified atom stereocenters. The summed E-state index contributed by atoms with van der Waals surface area (Å²) in [6, 6.07) is 0.183. The van der Waals surface area contributed by atoms with Crippen molar-refractivity contribution in [2.24, 2.45) is 5.92 Å². The number of amides is 1. The molecule has 0 radical (unpaired) electrons. The quantitative estimate of drug-likeness (QED) is 0.558. The third kappa shape index (κ3) is 4.71. The lowest BCUT2D eigenvalue weighted by molar-refractivity contribution is -0.122. The molecule has 1 aliphatic rings. The Hall–Kier alpha value is -0.280. The highest BCUT2D eigenvalue weighted by atomic mass is 35.5. The second kappa shape index (κ2) is 7.91. The number of aliphatic hydroxyl groups excluding tert-OH is 1. The lowest BCUT2D eigenvalue weighted by Crippen LogP contribution is -2.43. The zero-order valence-electron chi connectivity index (χ0n) is 9.75. The molecule has 0 bridgehead atoms. The summed E-state index contributed by atoms with van der Waals surface area (Å²) >= 11 is 5.56. The number of rotatable bonds is 6. The Morgan fingerprint density at radius 3 is 2.75 bits per heavy atom. The third-order valence-electron chi connectivity index (χ3n) is 3.28. The van der Waals surface area contributed by atoms with Crippen molar-refractivity contribution in [1.82, 2.24) is 5.32 Å². The van der Waals surface area contributed by atoms with Gasteiger partial charge in [-0.15, -0.1) is 11.6 Å². The summed E-state index contributed by atoms with van der Waals surface area (Å²) in [5.41, 5.74) is 0. The van der Waals surface area contributed by atoms with Gasteiger partial charge in [-0.2, -0.15) is 0 Å². The van der Waals surface area contributed by atoms with Crippen molar-refractivity contribution in [1.29, 1.82) is 0 Å². The van der Waals surface area contributed by atoms with Gasteiger partial charge in [0.2, 0.25) is 5.91 Å². The van der Waals surface area contributed by atoms with Crippen molar-refractivity contribution in [3.63, 3.8) is 0 Å². The van der Waals surface area contributed by atoms with E-state index in [4.69, 9.17) is 11.6 Å². The molecule has 0 aromatic rings. The average molecular weight is 248 g/mol. The summed E-state index contributed by atoms with van der Waals surface area (Å²) in [4.78, 5) is 11.6. The Bertz CT molecular complexity index is 211. The number of nitrogens with one attached hydrogen (secondary N) is 1. The fraction of sp³-hybridized carbons (Fsp3) is 0.917. The van der Waals surface area contributed by atoms with Crippen molar-refractivity contribution >= 4 is 17.5 Å². The summed E-state index contributed by atoms with van der Waals surface area (Å²) in [6.07, 6.45) is 6.67. The van der Waals surface area contributed by atoms with E-state index in [0.717, 1.165) is 32.1 Å². The summed E-state index contributed by atoms with van der Waals surface area (Å²) in [6.45, 7) is 0.187. The highest BCUT2D eigenvalue weighted by molar-refractivity contribution is 6.17. The smallest absolute Gasteiger partial charge is 0.220 e. The number of hydrogen-bond acceptors (Lipinski definition) is 2. The van der Waals surface area contributed by atoms with Gasteiger partial charge >= 0.3 is 0 Å².